The molecule has 1 aromatic heterocycles. The molecule has 2 heterocycles. The van der Waals surface area contributed by atoms with Crippen LogP contribution in [0.15, 0.2) is 24.3 Å². The number of para-hydroxylation sites is 1. The van der Waals surface area contributed by atoms with Crippen LogP contribution in [-0.4, -0.2) is 51.2 Å². The van der Waals surface area contributed by atoms with Crippen molar-refractivity contribution in [2.24, 2.45) is 0 Å². The first-order valence-corrected chi connectivity index (χ1v) is 6.40. The maximum atomic E-state index is 12.5. The zero-order chi connectivity index (χ0) is 13.4. The first-order chi connectivity index (χ1) is 9.15. The summed E-state index contributed by atoms with van der Waals surface area (Å²) in [5.41, 5.74) is 1.46. The molecule has 3 rings (SSSR count). The molecule has 1 aromatic carbocycles. The highest BCUT2D eigenvalue weighted by Crippen LogP contribution is 2.15. The second-order valence-electron chi connectivity index (χ2n) is 4.93. The van der Waals surface area contributed by atoms with E-state index in [9.17, 15) is 4.79 Å². The van der Waals surface area contributed by atoms with E-state index in [4.69, 9.17) is 4.74 Å². The molecule has 1 saturated heterocycles. The van der Waals surface area contributed by atoms with Crippen molar-refractivity contribution in [3.8, 4) is 0 Å². The Morgan fingerprint density at radius 1 is 1.26 bits per heavy atom. The third-order valence-electron chi connectivity index (χ3n) is 3.22. The van der Waals surface area contributed by atoms with Crippen LogP contribution >= 0.6 is 0 Å². The fraction of sp³-hybridized carbons (Fsp3) is 0.462. The smallest absolute Gasteiger partial charge is 0.346 e. The third-order valence-corrected chi connectivity index (χ3v) is 3.22. The van der Waals surface area contributed by atoms with Crippen LogP contribution in [0.5, 0.6) is 0 Å². The van der Waals surface area contributed by atoms with E-state index in [0.29, 0.717) is 13.1 Å². The van der Waals surface area contributed by atoms with Gasteiger partial charge in [0.2, 0.25) is 0 Å². The van der Waals surface area contributed by atoms with E-state index in [0.717, 1.165) is 11.0 Å². The molecule has 0 radical (unpaired) electrons. The zero-order valence-corrected chi connectivity index (χ0v) is 11.0. The number of ether oxygens (including phenoxy) is 1. The number of rotatable bonds is 0. The van der Waals surface area contributed by atoms with Gasteiger partial charge in [-0.3, -0.25) is 0 Å². The van der Waals surface area contributed by atoms with Crippen LogP contribution in [0.4, 0.5) is 4.79 Å². The van der Waals surface area contributed by atoms with Gasteiger partial charge in [-0.2, -0.15) is 4.68 Å². The number of morpholine rings is 1. The van der Waals surface area contributed by atoms with Crippen molar-refractivity contribution in [3.63, 3.8) is 0 Å². The second-order valence-corrected chi connectivity index (χ2v) is 4.93. The van der Waals surface area contributed by atoms with Crippen molar-refractivity contribution in [2.45, 2.75) is 26.1 Å². The van der Waals surface area contributed by atoms with Crippen LogP contribution in [0.25, 0.3) is 11.0 Å². The molecule has 2 aromatic rings. The number of fused-ring (bicyclic) bond motifs is 1. The molecule has 0 spiro atoms. The van der Waals surface area contributed by atoms with Crippen molar-refractivity contribution in [1.29, 1.82) is 0 Å². The van der Waals surface area contributed by atoms with Crippen molar-refractivity contribution in [3.05, 3.63) is 24.3 Å². The minimum atomic E-state index is -0.143. The van der Waals surface area contributed by atoms with E-state index in [1.54, 1.807) is 4.90 Å². The van der Waals surface area contributed by atoms with Crippen LogP contribution in [0.2, 0.25) is 0 Å². The van der Waals surface area contributed by atoms with Crippen LogP contribution in [0, 0.1) is 0 Å². The standard InChI is InChI=1S/C13H16N4O2/c1-9-7-16(8-10(2)19-9)13(18)17-12-6-4-3-5-11(12)14-15-17/h3-6,9-10H,7-8H2,1-2H3. The van der Waals surface area contributed by atoms with E-state index < -0.39 is 0 Å². The third kappa shape index (κ3) is 2.19. The molecule has 1 aliphatic heterocycles. The molecule has 0 saturated carbocycles. The predicted molar refractivity (Wildman–Crippen MR) is 69.9 cm³/mol. The molecular formula is C13H16N4O2. The maximum Gasteiger partial charge on any atom is 0.346 e. The molecule has 0 aliphatic carbocycles. The molecule has 1 amide bonds. The zero-order valence-electron chi connectivity index (χ0n) is 11.0. The summed E-state index contributed by atoms with van der Waals surface area (Å²) in [6, 6.07) is 7.30. The number of benzene rings is 1. The maximum absolute atomic E-state index is 12.5. The van der Waals surface area contributed by atoms with E-state index in [-0.39, 0.29) is 18.2 Å². The number of carbonyl (C=O) groups excluding carboxylic acids is 1. The first kappa shape index (κ1) is 12.1. The summed E-state index contributed by atoms with van der Waals surface area (Å²) in [6.07, 6.45) is 0.0879. The number of hydrogen-bond donors (Lipinski definition) is 0. The SMILES string of the molecule is CC1CN(C(=O)n2nnc3ccccc32)CC(C)O1. The monoisotopic (exact) mass is 260 g/mol. The molecule has 6 nitrogen and oxygen atoms in total. The van der Waals surface area contributed by atoms with Gasteiger partial charge >= 0.3 is 6.03 Å². The lowest BCUT2D eigenvalue weighted by molar-refractivity contribution is -0.0546. The number of aromatic nitrogens is 3. The lowest BCUT2D eigenvalue weighted by Crippen LogP contribution is -2.49. The molecule has 2 unspecified atom stereocenters. The molecule has 19 heavy (non-hydrogen) atoms. The fourth-order valence-corrected chi connectivity index (χ4v) is 2.48. The van der Waals surface area contributed by atoms with Gasteiger partial charge in [-0.15, -0.1) is 5.10 Å². The summed E-state index contributed by atoms with van der Waals surface area (Å²) in [7, 11) is 0. The van der Waals surface area contributed by atoms with Crippen molar-refractivity contribution < 1.29 is 9.53 Å². The molecule has 1 fully saturated rings. The van der Waals surface area contributed by atoms with Crippen molar-refractivity contribution >= 4 is 17.1 Å². The highest BCUT2D eigenvalue weighted by atomic mass is 16.5. The fourth-order valence-electron chi connectivity index (χ4n) is 2.48. The Morgan fingerprint density at radius 3 is 2.68 bits per heavy atom. The summed E-state index contributed by atoms with van der Waals surface area (Å²) in [6.45, 7) is 5.10. The average molecular weight is 260 g/mol. The van der Waals surface area contributed by atoms with E-state index in [1.807, 2.05) is 38.1 Å². The highest BCUT2D eigenvalue weighted by molar-refractivity contribution is 5.87. The van der Waals surface area contributed by atoms with E-state index >= 15 is 0 Å². The van der Waals surface area contributed by atoms with Gasteiger partial charge in [0.15, 0.2) is 0 Å². The number of hydrogen-bond acceptors (Lipinski definition) is 4. The number of amides is 1. The first-order valence-electron chi connectivity index (χ1n) is 6.40. The summed E-state index contributed by atoms with van der Waals surface area (Å²) in [5.74, 6) is 0. The van der Waals surface area contributed by atoms with Gasteiger partial charge in [0.05, 0.1) is 17.7 Å². The Labute approximate surface area is 110 Å². The molecule has 0 N–H and O–H groups in total. The quantitative estimate of drug-likeness (QED) is 0.720. The number of carbonyl (C=O) groups is 1. The molecule has 1 aliphatic rings. The molecule has 2 atom stereocenters. The lowest BCUT2D eigenvalue weighted by Gasteiger charge is -2.34. The minimum Gasteiger partial charge on any atom is -0.372 e. The predicted octanol–water partition coefficient (Wildman–Crippen LogP) is 1.51. The van der Waals surface area contributed by atoms with Crippen molar-refractivity contribution in [1.82, 2.24) is 19.9 Å². The van der Waals surface area contributed by atoms with Crippen LogP contribution < -0.4 is 0 Å². The van der Waals surface area contributed by atoms with Gasteiger partial charge < -0.3 is 9.64 Å². The lowest BCUT2D eigenvalue weighted by atomic mass is 10.2. The Kier molecular flexibility index (Phi) is 2.94. The molecular weight excluding hydrogens is 244 g/mol. The van der Waals surface area contributed by atoms with E-state index in [1.165, 1.54) is 4.68 Å². The van der Waals surface area contributed by atoms with Gasteiger partial charge in [0.25, 0.3) is 0 Å². The normalized spacial score (nSPS) is 23.8. The van der Waals surface area contributed by atoms with Gasteiger partial charge in [0, 0.05) is 13.1 Å². The van der Waals surface area contributed by atoms with Gasteiger partial charge in [-0.1, -0.05) is 17.3 Å². The number of nitrogens with zero attached hydrogens (tertiary/aromatic N) is 4. The Hall–Kier alpha value is -1.95. The largest absolute Gasteiger partial charge is 0.372 e. The summed E-state index contributed by atoms with van der Waals surface area (Å²) >= 11 is 0. The average Bonchev–Trinajstić information content (AvgIpc) is 2.80. The van der Waals surface area contributed by atoms with Crippen LogP contribution in [0.1, 0.15) is 13.8 Å². The Bertz CT molecular complexity index is 599. The summed E-state index contributed by atoms with van der Waals surface area (Å²) in [5, 5.41) is 7.96. The van der Waals surface area contributed by atoms with Gasteiger partial charge in [0.1, 0.15) is 5.52 Å². The molecule has 100 valence electrons. The topological polar surface area (TPSA) is 60.2 Å². The van der Waals surface area contributed by atoms with Crippen LogP contribution in [-0.2, 0) is 4.74 Å². The van der Waals surface area contributed by atoms with E-state index in [2.05, 4.69) is 10.3 Å². The second kappa shape index (κ2) is 4.62. The summed E-state index contributed by atoms with van der Waals surface area (Å²) in [4.78, 5) is 14.3. The Morgan fingerprint density at radius 2 is 1.95 bits per heavy atom. The van der Waals surface area contributed by atoms with Crippen molar-refractivity contribution in [2.75, 3.05) is 13.1 Å². The summed E-state index contributed by atoms with van der Waals surface area (Å²) < 4.78 is 6.99. The molecule has 6 heteroatoms. The van der Waals surface area contributed by atoms with Crippen LogP contribution in [0.3, 0.4) is 0 Å². The Balaban J connectivity index is 1.91. The van der Waals surface area contributed by atoms with Gasteiger partial charge in [-0.25, -0.2) is 4.79 Å². The minimum absolute atomic E-state index is 0.0440. The molecule has 0 bridgehead atoms. The highest BCUT2D eigenvalue weighted by Gasteiger charge is 2.28. The van der Waals surface area contributed by atoms with Gasteiger partial charge in [-0.05, 0) is 26.0 Å².